The third-order valence-corrected chi connectivity index (χ3v) is 4.07. The summed E-state index contributed by atoms with van der Waals surface area (Å²) in [5.41, 5.74) is 5.57. The van der Waals surface area contributed by atoms with E-state index in [1.807, 2.05) is 0 Å². The topological polar surface area (TPSA) is 105 Å². The molecule has 1 heterocycles. The van der Waals surface area contributed by atoms with Crippen molar-refractivity contribution in [2.75, 3.05) is 43.1 Å². The van der Waals surface area contributed by atoms with Gasteiger partial charge < -0.3 is 20.7 Å². The summed E-state index contributed by atoms with van der Waals surface area (Å²) in [5, 5.41) is 2.18. The van der Waals surface area contributed by atoms with E-state index in [4.69, 9.17) is 10.5 Å². The fraction of sp³-hybridized carbons (Fsp3) is 0.471. The fourth-order valence-corrected chi connectivity index (χ4v) is 2.87. The average Bonchev–Trinajstić information content (AvgIpc) is 2.60. The first kappa shape index (κ1) is 23.5. The zero-order chi connectivity index (χ0) is 22.5. The van der Waals surface area contributed by atoms with Crippen molar-refractivity contribution < 1.29 is 41.1 Å². The lowest BCUT2D eigenvalue weighted by atomic mass is 10.2. The van der Waals surface area contributed by atoms with E-state index in [9.17, 15) is 36.3 Å². The molecule has 0 bridgehead atoms. The van der Waals surface area contributed by atoms with Gasteiger partial charge in [0.05, 0.1) is 19.7 Å². The number of amides is 3. The normalized spacial score (nSPS) is 16.1. The Labute approximate surface area is 167 Å². The summed E-state index contributed by atoms with van der Waals surface area (Å²) in [7, 11) is 0. The van der Waals surface area contributed by atoms with E-state index in [-0.39, 0.29) is 23.1 Å². The zero-order valence-corrected chi connectivity index (χ0v) is 15.5. The molecule has 0 spiro atoms. The molecule has 0 unspecified atom stereocenters. The standard InChI is InChI=1S/C17H19F5N4O4/c18-12(19)7-25(9-17(20,21)22)14(15(23)28)16(29)24-10-1-3-11(4-2-10)26-5-6-30-8-13(26)27/h1-4,12,14H,5-9H2,(H2,23,28)(H,24,29)/t14-/m1/s1. The summed E-state index contributed by atoms with van der Waals surface area (Å²) in [4.78, 5) is 37.2. The van der Waals surface area contributed by atoms with Gasteiger partial charge in [0.25, 0.3) is 18.2 Å². The van der Waals surface area contributed by atoms with Crippen molar-refractivity contribution in [1.82, 2.24) is 4.90 Å². The summed E-state index contributed by atoms with van der Waals surface area (Å²) >= 11 is 0. The second-order valence-electron chi connectivity index (χ2n) is 6.37. The highest BCUT2D eigenvalue weighted by atomic mass is 19.4. The highest BCUT2D eigenvalue weighted by Crippen LogP contribution is 2.22. The second kappa shape index (κ2) is 9.80. The number of carbonyl (C=O) groups excluding carboxylic acids is 3. The van der Waals surface area contributed by atoms with Gasteiger partial charge in [0, 0.05) is 17.9 Å². The summed E-state index contributed by atoms with van der Waals surface area (Å²) < 4.78 is 68.5. The van der Waals surface area contributed by atoms with E-state index >= 15 is 0 Å². The molecule has 8 nitrogen and oxygen atoms in total. The third kappa shape index (κ3) is 6.62. The molecule has 1 aromatic carbocycles. The Morgan fingerprint density at radius 3 is 2.37 bits per heavy atom. The number of nitrogens with two attached hydrogens (primary N) is 1. The number of halogens is 5. The minimum absolute atomic E-state index is 0.0247. The van der Waals surface area contributed by atoms with Gasteiger partial charge in [0.15, 0.2) is 6.04 Å². The Balaban J connectivity index is 2.15. The van der Waals surface area contributed by atoms with E-state index in [1.54, 1.807) is 0 Å². The lowest BCUT2D eigenvalue weighted by Gasteiger charge is -2.29. The maximum Gasteiger partial charge on any atom is 0.401 e. The number of alkyl halides is 5. The molecule has 0 radical (unpaired) electrons. The molecule has 13 heteroatoms. The molecule has 2 rings (SSSR count). The summed E-state index contributed by atoms with van der Waals surface area (Å²) in [5.74, 6) is -3.07. The number of morpholine rings is 1. The Morgan fingerprint density at radius 1 is 1.23 bits per heavy atom. The van der Waals surface area contributed by atoms with Gasteiger partial charge in [-0.15, -0.1) is 0 Å². The fourth-order valence-electron chi connectivity index (χ4n) is 2.87. The van der Waals surface area contributed by atoms with Crippen LogP contribution in [-0.4, -0.2) is 74.1 Å². The number of primary amides is 1. The van der Waals surface area contributed by atoms with Gasteiger partial charge >= 0.3 is 6.18 Å². The first-order chi connectivity index (χ1) is 14.0. The Bertz CT molecular complexity index is 772. The lowest BCUT2D eigenvalue weighted by molar-refractivity contribution is -0.160. The largest absolute Gasteiger partial charge is 0.401 e. The van der Waals surface area contributed by atoms with E-state index in [0.717, 1.165) is 0 Å². The predicted molar refractivity (Wildman–Crippen MR) is 94.9 cm³/mol. The van der Waals surface area contributed by atoms with Crippen LogP contribution < -0.4 is 16.0 Å². The zero-order valence-electron chi connectivity index (χ0n) is 15.5. The number of nitrogens with zero attached hydrogens (tertiary/aromatic N) is 2. The number of carbonyl (C=O) groups is 3. The van der Waals surface area contributed by atoms with Gasteiger partial charge in [-0.3, -0.25) is 19.3 Å². The van der Waals surface area contributed by atoms with Crippen molar-refractivity contribution in [2.45, 2.75) is 18.6 Å². The summed E-state index contributed by atoms with van der Waals surface area (Å²) in [6.45, 7) is -2.83. The monoisotopic (exact) mass is 438 g/mol. The third-order valence-electron chi connectivity index (χ3n) is 4.07. The first-order valence-electron chi connectivity index (χ1n) is 8.65. The van der Waals surface area contributed by atoms with Gasteiger partial charge in [-0.05, 0) is 24.3 Å². The highest BCUT2D eigenvalue weighted by molar-refractivity contribution is 6.09. The van der Waals surface area contributed by atoms with Crippen molar-refractivity contribution in [3.05, 3.63) is 24.3 Å². The molecular formula is C17H19F5N4O4. The molecule has 1 aliphatic rings. The average molecular weight is 438 g/mol. The molecular weight excluding hydrogens is 419 g/mol. The van der Waals surface area contributed by atoms with Gasteiger partial charge in [-0.2, -0.15) is 13.2 Å². The number of benzene rings is 1. The highest BCUT2D eigenvalue weighted by Gasteiger charge is 2.40. The molecule has 1 fully saturated rings. The number of ether oxygens (including phenoxy) is 1. The first-order valence-corrected chi connectivity index (χ1v) is 8.65. The summed E-state index contributed by atoms with van der Waals surface area (Å²) in [6.07, 6.45) is -8.16. The van der Waals surface area contributed by atoms with Crippen LogP contribution in [0.4, 0.5) is 33.3 Å². The van der Waals surface area contributed by atoms with Crippen LogP contribution >= 0.6 is 0 Å². The smallest absolute Gasteiger partial charge is 0.370 e. The Kier molecular flexibility index (Phi) is 7.67. The van der Waals surface area contributed by atoms with Crippen molar-refractivity contribution in [3.63, 3.8) is 0 Å². The molecule has 30 heavy (non-hydrogen) atoms. The number of nitrogens with one attached hydrogen (secondary N) is 1. The predicted octanol–water partition coefficient (Wildman–Crippen LogP) is 0.972. The SMILES string of the molecule is NC(=O)[C@H](C(=O)Nc1ccc(N2CCOCC2=O)cc1)N(CC(F)F)CC(F)(F)F. The lowest BCUT2D eigenvalue weighted by Crippen LogP contribution is -2.55. The van der Waals surface area contributed by atoms with Crippen molar-refractivity contribution in [3.8, 4) is 0 Å². The molecule has 166 valence electrons. The minimum Gasteiger partial charge on any atom is -0.370 e. The van der Waals surface area contributed by atoms with Crippen LogP contribution in [-0.2, 0) is 19.1 Å². The number of rotatable bonds is 8. The van der Waals surface area contributed by atoms with Crippen LogP contribution in [0, 0.1) is 0 Å². The number of anilines is 2. The molecule has 1 atom stereocenters. The van der Waals surface area contributed by atoms with Crippen LogP contribution in [0.2, 0.25) is 0 Å². The molecule has 1 aromatic rings. The van der Waals surface area contributed by atoms with Gasteiger partial charge in [0.2, 0.25) is 5.91 Å². The van der Waals surface area contributed by atoms with Crippen LogP contribution in [0.15, 0.2) is 24.3 Å². The van der Waals surface area contributed by atoms with Crippen LogP contribution in [0.5, 0.6) is 0 Å². The molecule has 1 saturated heterocycles. The number of hydrogen-bond donors (Lipinski definition) is 2. The van der Waals surface area contributed by atoms with Crippen molar-refractivity contribution in [1.29, 1.82) is 0 Å². The Morgan fingerprint density at radius 2 is 1.87 bits per heavy atom. The van der Waals surface area contributed by atoms with Crippen molar-refractivity contribution in [2.24, 2.45) is 5.73 Å². The van der Waals surface area contributed by atoms with E-state index < -0.39 is 43.5 Å². The minimum atomic E-state index is -4.94. The van der Waals surface area contributed by atoms with Gasteiger partial charge in [0.1, 0.15) is 6.61 Å². The molecule has 0 aliphatic carbocycles. The maximum atomic E-state index is 12.7. The van der Waals surface area contributed by atoms with Gasteiger partial charge in [-0.25, -0.2) is 8.78 Å². The summed E-state index contributed by atoms with van der Waals surface area (Å²) in [6, 6.07) is 3.35. The van der Waals surface area contributed by atoms with E-state index in [0.29, 0.717) is 18.8 Å². The quantitative estimate of drug-likeness (QED) is 0.465. The second-order valence-corrected chi connectivity index (χ2v) is 6.37. The van der Waals surface area contributed by atoms with Gasteiger partial charge in [-0.1, -0.05) is 0 Å². The van der Waals surface area contributed by atoms with Crippen LogP contribution in [0.1, 0.15) is 0 Å². The number of hydrogen-bond acceptors (Lipinski definition) is 5. The molecule has 3 N–H and O–H groups in total. The van der Waals surface area contributed by atoms with Crippen LogP contribution in [0.3, 0.4) is 0 Å². The van der Waals surface area contributed by atoms with Crippen molar-refractivity contribution >= 4 is 29.1 Å². The van der Waals surface area contributed by atoms with Crippen LogP contribution in [0.25, 0.3) is 0 Å². The molecule has 1 aliphatic heterocycles. The molecule has 0 saturated carbocycles. The van der Waals surface area contributed by atoms with E-state index in [2.05, 4.69) is 5.32 Å². The maximum absolute atomic E-state index is 12.7. The molecule has 3 amide bonds. The Hall–Kier alpha value is -2.80. The molecule has 0 aromatic heterocycles. The van der Waals surface area contributed by atoms with E-state index in [1.165, 1.54) is 29.2 Å².